The zero-order valence-electron chi connectivity index (χ0n) is 32.9. The number of hydrazine groups is 1. The minimum atomic E-state index is -4.80. The summed E-state index contributed by atoms with van der Waals surface area (Å²) < 4.78 is 18.3. The molecule has 2 aliphatic heterocycles. The summed E-state index contributed by atoms with van der Waals surface area (Å²) in [5, 5.41) is 9.43. The number of phosphoric ester groups is 1. The number of nitrogens with zero attached hydrogens (tertiary/aromatic N) is 6. The van der Waals surface area contributed by atoms with Crippen molar-refractivity contribution in [2.24, 2.45) is 0 Å². The Balaban J connectivity index is 1.19. The van der Waals surface area contributed by atoms with Crippen LogP contribution in [0, 0.1) is 0 Å². The van der Waals surface area contributed by atoms with Crippen molar-refractivity contribution in [3.63, 3.8) is 0 Å². The number of hydrogen-bond acceptors (Lipinski definition) is 7. The van der Waals surface area contributed by atoms with Crippen molar-refractivity contribution in [1.82, 2.24) is 29.6 Å². The maximum Gasteiger partial charge on any atom is 0.524 e. The van der Waals surface area contributed by atoms with E-state index in [4.69, 9.17) is 9.62 Å². The Labute approximate surface area is 347 Å². The van der Waals surface area contributed by atoms with Gasteiger partial charge in [-0.2, -0.15) is 5.10 Å². The molecule has 0 unspecified atom stereocenters. The Bertz CT molecular complexity index is 2550. The van der Waals surface area contributed by atoms with Gasteiger partial charge < -0.3 is 14.3 Å². The van der Waals surface area contributed by atoms with Crippen LogP contribution in [0.3, 0.4) is 0 Å². The van der Waals surface area contributed by atoms with E-state index in [-0.39, 0.29) is 62.5 Å². The fourth-order valence-corrected chi connectivity index (χ4v) is 8.68. The first-order valence-corrected chi connectivity index (χ1v) is 21.3. The molecule has 5 aromatic carbocycles. The van der Waals surface area contributed by atoms with Crippen molar-refractivity contribution in [2.45, 2.75) is 44.6 Å². The van der Waals surface area contributed by atoms with Gasteiger partial charge in [0.15, 0.2) is 0 Å². The second-order valence-corrected chi connectivity index (χ2v) is 16.1. The lowest BCUT2D eigenvalue weighted by atomic mass is 9.97. The van der Waals surface area contributed by atoms with Crippen LogP contribution in [0.15, 0.2) is 146 Å². The first kappa shape index (κ1) is 40.4. The molecule has 2 atom stereocenters. The molecule has 14 heteroatoms. The summed E-state index contributed by atoms with van der Waals surface area (Å²) in [6.45, 7) is 4.74. The zero-order chi connectivity index (χ0) is 41.8. The number of amides is 3. The highest BCUT2D eigenvalue weighted by atomic mass is 31.2. The van der Waals surface area contributed by atoms with Crippen LogP contribution in [0.4, 0.5) is 0 Å². The minimum absolute atomic E-state index is 0.0408. The van der Waals surface area contributed by atoms with E-state index in [1.54, 1.807) is 38.0 Å². The van der Waals surface area contributed by atoms with Gasteiger partial charge in [0.1, 0.15) is 23.7 Å². The van der Waals surface area contributed by atoms with E-state index in [0.717, 1.165) is 38.9 Å². The van der Waals surface area contributed by atoms with Gasteiger partial charge in [-0.25, -0.2) is 14.6 Å². The average molecular weight is 825 g/mol. The Morgan fingerprint density at radius 1 is 0.817 bits per heavy atom. The summed E-state index contributed by atoms with van der Waals surface area (Å²) in [5.41, 5.74) is 6.20. The number of piperazine rings is 1. The fourth-order valence-electron chi connectivity index (χ4n) is 8.29. The van der Waals surface area contributed by atoms with Crippen LogP contribution < -0.4 is 4.52 Å². The van der Waals surface area contributed by atoms with Crippen LogP contribution in [0.1, 0.15) is 28.7 Å². The topological polar surface area (TPSA) is 149 Å². The van der Waals surface area contributed by atoms with Crippen LogP contribution in [0.25, 0.3) is 22.2 Å². The molecule has 0 bridgehead atoms. The van der Waals surface area contributed by atoms with Crippen LogP contribution in [-0.4, -0.2) is 88.9 Å². The summed E-state index contributed by atoms with van der Waals surface area (Å²) in [7, 11) is -4.80. The quantitative estimate of drug-likeness (QED) is 0.0967. The van der Waals surface area contributed by atoms with E-state index in [1.807, 2.05) is 102 Å². The minimum Gasteiger partial charge on any atom is -0.404 e. The number of aryl methyl sites for hydroxylation is 1. The molecule has 306 valence electrons. The highest BCUT2D eigenvalue weighted by molar-refractivity contribution is 7.46. The molecule has 0 radical (unpaired) electrons. The standard InChI is InChI=1S/C46H45N6O7P/c1-2-27-49-32-43(54)51-40(28-34-21-24-38(25-22-34)59-60(56,57)58)46(55)48(31-41(51)52(49)42(53)26-23-33-13-6-3-7-14-33)30-37-19-12-20-39-44(36-17-10-5-11-18-36)47-50(45(37)39)29-35-15-8-4-9-16-35/h2-22,24-25,40-41H,1,23,26-32H2,(H2,56,57,58)/t40-,41-/m0/s1. The molecule has 0 spiro atoms. The number of benzene rings is 5. The molecular formula is C46H45N6O7P. The number of carbonyl (C=O) groups excluding carboxylic acids is 3. The van der Waals surface area contributed by atoms with Gasteiger partial charge in [-0.1, -0.05) is 127 Å². The van der Waals surface area contributed by atoms with Gasteiger partial charge in [-0.05, 0) is 40.8 Å². The number of fused-ring (bicyclic) bond motifs is 2. The molecule has 60 heavy (non-hydrogen) atoms. The summed E-state index contributed by atoms with van der Waals surface area (Å²) >= 11 is 0. The van der Waals surface area contributed by atoms with Crippen molar-refractivity contribution >= 4 is 36.4 Å². The van der Waals surface area contributed by atoms with Crippen LogP contribution in [-0.2, 0) is 44.9 Å². The van der Waals surface area contributed by atoms with E-state index < -0.39 is 20.0 Å². The number of carbonyl (C=O) groups is 3. The fraction of sp³-hybridized carbons (Fsp3) is 0.217. The van der Waals surface area contributed by atoms with Gasteiger partial charge in [0.05, 0.1) is 25.2 Å². The van der Waals surface area contributed by atoms with Crippen LogP contribution in [0.2, 0.25) is 0 Å². The molecule has 2 saturated heterocycles. The molecule has 2 N–H and O–H groups in total. The third-order valence-electron chi connectivity index (χ3n) is 10.9. The summed E-state index contributed by atoms with van der Waals surface area (Å²) in [4.78, 5) is 65.6. The molecule has 13 nitrogen and oxygen atoms in total. The number of rotatable bonds is 14. The van der Waals surface area contributed by atoms with Crippen molar-refractivity contribution in [3.05, 3.63) is 168 Å². The van der Waals surface area contributed by atoms with E-state index in [0.29, 0.717) is 18.5 Å². The Morgan fingerprint density at radius 3 is 2.15 bits per heavy atom. The highest BCUT2D eigenvalue weighted by Gasteiger charge is 2.51. The van der Waals surface area contributed by atoms with Crippen molar-refractivity contribution < 1.29 is 33.3 Å². The smallest absolute Gasteiger partial charge is 0.404 e. The summed E-state index contributed by atoms with van der Waals surface area (Å²) in [6, 6.07) is 40.8. The second-order valence-electron chi connectivity index (χ2n) is 15.0. The first-order valence-electron chi connectivity index (χ1n) is 19.8. The van der Waals surface area contributed by atoms with Gasteiger partial charge in [0, 0.05) is 36.9 Å². The van der Waals surface area contributed by atoms with Crippen molar-refractivity contribution in [3.8, 4) is 17.0 Å². The maximum atomic E-state index is 15.0. The average Bonchev–Trinajstić information content (AvgIpc) is 3.61. The first-order chi connectivity index (χ1) is 29.1. The lowest BCUT2D eigenvalue weighted by Gasteiger charge is -2.55. The monoisotopic (exact) mass is 824 g/mol. The zero-order valence-corrected chi connectivity index (χ0v) is 33.8. The largest absolute Gasteiger partial charge is 0.524 e. The Kier molecular flexibility index (Phi) is 11.8. The third-order valence-corrected chi connectivity index (χ3v) is 11.4. The van der Waals surface area contributed by atoms with Crippen molar-refractivity contribution in [1.29, 1.82) is 0 Å². The van der Waals surface area contributed by atoms with Gasteiger partial charge in [-0.15, -0.1) is 6.58 Å². The number of phosphoric acid groups is 1. The van der Waals surface area contributed by atoms with Gasteiger partial charge in [0.25, 0.3) is 0 Å². The van der Waals surface area contributed by atoms with E-state index >= 15 is 0 Å². The Hall–Kier alpha value is -6.37. The van der Waals surface area contributed by atoms with Gasteiger partial charge >= 0.3 is 7.82 Å². The maximum absolute atomic E-state index is 15.0. The second kappa shape index (κ2) is 17.5. The predicted octanol–water partition coefficient (Wildman–Crippen LogP) is 6.21. The lowest BCUT2D eigenvalue weighted by Crippen LogP contribution is -2.75. The molecule has 0 saturated carbocycles. The molecule has 3 amide bonds. The molecule has 2 fully saturated rings. The summed E-state index contributed by atoms with van der Waals surface area (Å²) in [5.74, 6) is -0.825. The van der Waals surface area contributed by atoms with Crippen LogP contribution in [0.5, 0.6) is 5.75 Å². The van der Waals surface area contributed by atoms with Crippen molar-refractivity contribution in [2.75, 3.05) is 19.6 Å². The third kappa shape index (κ3) is 8.80. The Morgan fingerprint density at radius 2 is 1.48 bits per heavy atom. The van der Waals surface area contributed by atoms with Crippen LogP contribution >= 0.6 is 7.82 Å². The number of aromatic nitrogens is 2. The molecular weight excluding hydrogens is 780 g/mol. The normalized spacial score (nSPS) is 17.2. The highest BCUT2D eigenvalue weighted by Crippen LogP contribution is 2.38. The van der Waals surface area contributed by atoms with Gasteiger partial charge in [-0.3, -0.25) is 28.9 Å². The van der Waals surface area contributed by atoms with E-state index in [9.17, 15) is 28.7 Å². The van der Waals surface area contributed by atoms with Gasteiger partial charge in [0.2, 0.25) is 17.7 Å². The molecule has 0 aliphatic carbocycles. The number of para-hydroxylation sites is 1. The van der Waals surface area contributed by atoms with E-state index in [1.165, 1.54) is 12.1 Å². The molecule has 2 aliphatic rings. The summed E-state index contributed by atoms with van der Waals surface area (Å²) in [6.07, 6.45) is 1.57. The molecule has 6 aromatic rings. The SMILES string of the molecule is C=CCN1CC(=O)N2[C@@H](Cc3ccc(OP(=O)(O)O)cc3)C(=O)N(Cc3cccc4c(-c5ccccc5)nn(Cc5ccccc5)c34)C[C@@H]2N1C(=O)CCc1ccccc1. The molecule has 3 heterocycles. The molecule has 1 aromatic heterocycles. The number of hydrogen-bond donors (Lipinski definition) is 2. The lowest BCUT2D eigenvalue weighted by molar-refractivity contribution is -0.205. The van der Waals surface area contributed by atoms with E-state index in [2.05, 4.69) is 18.7 Å². The molecule has 8 rings (SSSR count). The predicted molar refractivity (Wildman–Crippen MR) is 227 cm³/mol.